The number of carboxylic acids is 1. The molecule has 1 aliphatic carbocycles. The maximum absolute atomic E-state index is 11.6. The zero-order valence-corrected chi connectivity index (χ0v) is 9.56. The van der Waals surface area contributed by atoms with Crippen LogP contribution < -0.4 is 5.32 Å². The zero-order chi connectivity index (χ0) is 12.3. The van der Waals surface area contributed by atoms with Crippen molar-refractivity contribution < 1.29 is 19.8 Å². The molecule has 0 aromatic heterocycles. The molecule has 0 saturated heterocycles. The average molecular weight is 230 g/mol. The van der Waals surface area contributed by atoms with E-state index in [4.69, 9.17) is 10.2 Å². The Hall–Kier alpha value is -1.30. The molecule has 0 radical (unpaired) electrons. The molecule has 0 aliphatic heterocycles. The number of nitrogens with zero attached hydrogens (tertiary/aromatic N) is 1. The summed E-state index contributed by atoms with van der Waals surface area (Å²) in [7, 11) is 1.52. The van der Waals surface area contributed by atoms with Crippen molar-refractivity contribution in [3.8, 4) is 0 Å². The molecular weight excluding hydrogens is 212 g/mol. The Morgan fingerprint density at radius 1 is 1.50 bits per heavy atom. The minimum atomic E-state index is -1.09. The van der Waals surface area contributed by atoms with Crippen LogP contribution in [0.25, 0.3) is 0 Å². The number of hydrogen-bond acceptors (Lipinski definition) is 3. The van der Waals surface area contributed by atoms with Crippen LogP contribution in [0.2, 0.25) is 0 Å². The first kappa shape index (κ1) is 12.8. The van der Waals surface area contributed by atoms with E-state index in [9.17, 15) is 9.59 Å². The quantitative estimate of drug-likeness (QED) is 0.635. The molecule has 0 aromatic carbocycles. The van der Waals surface area contributed by atoms with Crippen LogP contribution in [0.15, 0.2) is 0 Å². The van der Waals surface area contributed by atoms with Crippen molar-refractivity contribution in [1.82, 2.24) is 10.2 Å². The van der Waals surface area contributed by atoms with Crippen molar-refractivity contribution in [3.05, 3.63) is 0 Å². The van der Waals surface area contributed by atoms with E-state index >= 15 is 0 Å². The predicted molar refractivity (Wildman–Crippen MR) is 57.1 cm³/mol. The molecule has 1 unspecified atom stereocenters. The Bertz CT molecular complexity index is 287. The molecule has 1 aliphatic rings. The van der Waals surface area contributed by atoms with Gasteiger partial charge in [0.25, 0.3) is 0 Å². The van der Waals surface area contributed by atoms with Crippen LogP contribution in [0.4, 0.5) is 4.79 Å². The highest BCUT2D eigenvalue weighted by Crippen LogP contribution is 2.32. The van der Waals surface area contributed by atoms with E-state index in [-0.39, 0.29) is 6.54 Å². The fourth-order valence-corrected chi connectivity index (χ4v) is 1.70. The van der Waals surface area contributed by atoms with Gasteiger partial charge in [0.1, 0.15) is 5.54 Å². The summed E-state index contributed by atoms with van der Waals surface area (Å²) in [5.74, 6) is -0.988. The van der Waals surface area contributed by atoms with Gasteiger partial charge < -0.3 is 20.4 Å². The lowest BCUT2D eigenvalue weighted by atomic mass is 9.77. The Labute approximate surface area is 94.2 Å². The smallest absolute Gasteiger partial charge is 0.329 e. The number of aliphatic carboxylic acids is 1. The summed E-state index contributed by atoms with van der Waals surface area (Å²) < 4.78 is 0. The number of carbonyl (C=O) groups excluding carboxylic acids is 1. The van der Waals surface area contributed by atoms with Crippen molar-refractivity contribution in [3.63, 3.8) is 0 Å². The van der Waals surface area contributed by atoms with Crippen molar-refractivity contribution in [2.75, 3.05) is 13.6 Å². The molecule has 2 amide bonds. The second-order valence-electron chi connectivity index (χ2n) is 4.40. The average Bonchev–Trinajstić information content (AvgIpc) is 2.08. The Morgan fingerprint density at radius 2 is 2.06 bits per heavy atom. The normalized spacial score (nSPS) is 19.4. The lowest BCUT2D eigenvalue weighted by Crippen LogP contribution is -2.61. The third kappa shape index (κ3) is 2.63. The first-order valence-electron chi connectivity index (χ1n) is 5.32. The monoisotopic (exact) mass is 230 g/mol. The van der Waals surface area contributed by atoms with Crippen molar-refractivity contribution >= 4 is 12.0 Å². The van der Waals surface area contributed by atoms with Gasteiger partial charge in [0, 0.05) is 13.6 Å². The molecule has 0 spiro atoms. The number of carbonyl (C=O) groups is 2. The van der Waals surface area contributed by atoms with Crippen LogP contribution in [-0.4, -0.2) is 52.3 Å². The van der Waals surface area contributed by atoms with Crippen LogP contribution in [0, 0.1) is 0 Å². The summed E-state index contributed by atoms with van der Waals surface area (Å²) in [6.45, 7) is 1.75. The van der Waals surface area contributed by atoms with E-state index in [1.54, 1.807) is 6.92 Å². The van der Waals surface area contributed by atoms with Gasteiger partial charge in [-0.15, -0.1) is 0 Å². The zero-order valence-electron chi connectivity index (χ0n) is 9.56. The lowest BCUT2D eigenvalue weighted by molar-refractivity contribution is -0.148. The fourth-order valence-electron chi connectivity index (χ4n) is 1.70. The van der Waals surface area contributed by atoms with E-state index in [0.29, 0.717) is 12.8 Å². The van der Waals surface area contributed by atoms with E-state index in [2.05, 4.69) is 5.32 Å². The largest absolute Gasteiger partial charge is 0.480 e. The van der Waals surface area contributed by atoms with Gasteiger partial charge in [0.15, 0.2) is 0 Å². The second-order valence-corrected chi connectivity index (χ2v) is 4.40. The van der Waals surface area contributed by atoms with E-state index in [1.807, 2.05) is 0 Å². The summed E-state index contributed by atoms with van der Waals surface area (Å²) in [5.41, 5.74) is -1.09. The van der Waals surface area contributed by atoms with Crippen molar-refractivity contribution in [1.29, 1.82) is 0 Å². The summed E-state index contributed by atoms with van der Waals surface area (Å²) in [5, 5.41) is 20.6. The molecule has 0 heterocycles. The third-order valence-electron chi connectivity index (χ3n) is 2.85. The van der Waals surface area contributed by atoms with Gasteiger partial charge in [0.2, 0.25) is 0 Å². The van der Waals surface area contributed by atoms with Gasteiger partial charge in [-0.05, 0) is 26.2 Å². The van der Waals surface area contributed by atoms with Crippen LogP contribution in [-0.2, 0) is 4.79 Å². The summed E-state index contributed by atoms with van der Waals surface area (Å²) >= 11 is 0. The van der Waals surface area contributed by atoms with Gasteiger partial charge in [-0.25, -0.2) is 9.59 Å². The summed E-state index contributed by atoms with van der Waals surface area (Å²) in [6, 6.07) is -0.456. The van der Waals surface area contributed by atoms with Gasteiger partial charge >= 0.3 is 12.0 Å². The first-order chi connectivity index (χ1) is 7.37. The van der Waals surface area contributed by atoms with Crippen LogP contribution >= 0.6 is 0 Å². The minimum Gasteiger partial charge on any atom is -0.480 e. The Kier molecular flexibility index (Phi) is 3.74. The standard InChI is InChI=1S/C10H18N2O4/c1-7(13)6-12(2)9(16)11-10(8(14)15)4-3-5-10/h7,13H,3-6H2,1-2H3,(H,11,16)(H,14,15). The summed E-state index contributed by atoms with van der Waals surface area (Å²) in [6.07, 6.45) is 1.12. The topological polar surface area (TPSA) is 89.9 Å². The number of urea groups is 1. The van der Waals surface area contributed by atoms with E-state index in [0.717, 1.165) is 6.42 Å². The molecule has 1 rings (SSSR count). The van der Waals surface area contributed by atoms with Gasteiger partial charge in [-0.3, -0.25) is 0 Å². The minimum absolute atomic E-state index is 0.182. The Balaban J connectivity index is 2.53. The molecule has 0 aromatic rings. The highest BCUT2D eigenvalue weighted by atomic mass is 16.4. The SMILES string of the molecule is CC(O)CN(C)C(=O)NC1(C(=O)O)CCC1. The molecule has 3 N–H and O–H groups in total. The number of amides is 2. The number of rotatable bonds is 4. The number of carboxylic acid groups (broad SMARTS) is 1. The lowest BCUT2D eigenvalue weighted by Gasteiger charge is -2.39. The number of aliphatic hydroxyl groups is 1. The third-order valence-corrected chi connectivity index (χ3v) is 2.85. The van der Waals surface area contributed by atoms with Crippen LogP contribution in [0.3, 0.4) is 0 Å². The van der Waals surface area contributed by atoms with Crippen LogP contribution in [0.1, 0.15) is 26.2 Å². The molecule has 6 heteroatoms. The van der Waals surface area contributed by atoms with Gasteiger partial charge in [0.05, 0.1) is 6.10 Å². The number of nitrogens with one attached hydrogen (secondary N) is 1. The second kappa shape index (κ2) is 4.69. The van der Waals surface area contributed by atoms with E-state index in [1.165, 1.54) is 11.9 Å². The van der Waals surface area contributed by atoms with Crippen molar-refractivity contribution in [2.45, 2.75) is 37.8 Å². The Morgan fingerprint density at radius 3 is 2.38 bits per heavy atom. The maximum Gasteiger partial charge on any atom is 0.329 e. The van der Waals surface area contributed by atoms with Crippen LogP contribution in [0.5, 0.6) is 0 Å². The fraction of sp³-hybridized carbons (Fsp3) is 0.800. The molecular formula is C10H18N2O4. The maximum atomic E-state index is 11.6. The van der Waals surface area contributed by atoms with Crippen molar-refractivity contribution in [2.24, 2.45) is 0 Å². The molecule has 16 heavy (non-hydrogen) atoms. The highest BCUT2D eigenvalue weighted by molar-refractivity contribution is 5.87. The molecule has 6 nitrogen and oxygen atoms in total. The number of hydrogen-bond donors (Lipinski definition) is 3. The number of aliphatic hydroxyl groups excluding tert-OH is 1. The summed E-state index contributed by atoms with van der Waals surface area (Å²) in [4.78, 5) is 23.9. The molecule has 1 fully saturated rings. The van der Waals surface area contributed by atoms with E-state index < -0.39 is 23.6 Å². The van der Waals surface area contributed by atoms with Gasteiger partial charge in [-0.2, -0.15) is 0 Å². The molecule has 0 bridgehead atoms. The highest BCUT2D eigenvalue weighted by Gasteiger charge is 2.46. The molecule has 1 atom stereocenters. The molecule has 92 valence electrons. The first-order valence-corrected chi connectivity index (χ1v) is 5.32. The number of likely N-dealkylation sites (N-methyl/N-ethyl adjacent to an activating group) is 1. The predicted octanol–water partition coefficient (Wildman–Crippen LogP) is 0.0159. The molecule has 1 saturated carbocycles. The van der Waals surface area contributed by atoms with Gasteiger partial charge in [-0.1, -0.05) is 0 Å².